The number of rotatable bonds is 3. The summed E-state index contributed by atoms with van der Waals surface area (Å²) in [5, 5.41) is 8.30. The monoisotopic (exact) mass is 387 g/mol. The second kappa shape index (κ2) is 7.43. The molecule has 0 unspecified atom stereocenters. The lowest BCUT2D eigenvalue weighted by molar-refractivity contribution is -0.137. The molecule has 1 atom stereocenters. The van der Waals surface area contributed by atoms with Crippen LogP contribution in [0.3, 0.4) is 0 Å². The van der Waals surface area contributed by atoms with Crippen molar-refractivity contribution >= 4 is 33.3 Å². The number of sulfonamides is 1. The van der Waals surface area contributed by atoms with Crippen molar-refractivity contribution in [1.29, 1.82) is 0 Å². The minimum Gasteiger partial charge on any atom is -0.354 e. The maximum absolute atomic E-state index is 12.8. The zero-order chi connectivity index (χ0) is 18.0. The lowest BCUT2D eigenvalue weighted by Crippen LogP contribution is -2.53. The van der Waals surface area contributed by atoms with Crippen molar-refractivity contribution in [3.63, 3.8) is 0 Å². The second-order valence-corrected chi connectivity index (χ2v) is 8.86. The fraction of sp³-hybridized carbons (Fsp3) is 0.667. The van der Waals surface area contributed by atoms with Gasteiger partial charge in [-0.25, -0.2) is 8.42 Å². The number of anilines is 1. The normalized spacial score (nSPS) is 22.9. The van der Waals surface area contributed by atoms with Gasteiger partial charge in [0.05, 0.1) is 12.2 Å². The smallest absolute Gasteiger partial charge is 0.227 e. The molecule has 2 fully saturated rings. The highest BCUT2D eigenvalue weighted by atomic mass is 35.5. The van der Waals surface area contributed by atoms with E-state index in [9.17, 15) is 13.2 Å². The van der Waals surface area contributed by atoms with Gasteiger partial charge in [-0.05, 0) is 25.0 Å². The molecular formula is C15H22ClN5O3S. The van der Waals surface area contributed by atoms with Gasteiger partial charge < -0.3 is 9.80 Å². The van der Waals surface area contributed by atoms with Crippen molar-refractivity contribution in [2.24, 2.45) is 5.92 Å². The van der Waals surface area contributed by atoms with E-state index in [1.165, 1.54) is 10.6 Å². The van der Waals surface area contributed by atoms with Crippen molar-refractivity contribution in [2.75, 3.05) is 50.4 Å². The third-order valence-electron chi connectivity index (χ3n) is 4.73. The average Bonchev–Trinajstić information content (AvgIpc) is 2.61. The highest BCUT2D eigenvalue weighted by Gasteiger charge is 2.33. The van der Waals surface area contributed by atoms with Crippen LogP contribution in [0, 0.1) is 5.92 Å². The summed E-state index contributed by atoms with van der Waals surface area (Å²) in [5.74, 6) is 0.722. The molecule has 1 aromatic rings. The lowest BCUT2D eigenvalue weighted by Gasteiger charge is -2.38. The van der Waals surface area contributed by atoms with Gasteiger partial charge in [0.1, 0.15) is 0 Å². The fourth-order valence-corrected chi connectivity index (χ4v) is 4.29. The zero-order valence-corrected chi connectivity index (χ0v) is 15.7. The van der Waals surface area contributed by atoms with Gasteiger partial charge in [0.2, 0.25) is 15.9 Å². The molecule has 0 spiro atoms. The van der Waals surface area contributed by atoms with Gasteiger partial charge in [-0.2, -0.15) is 4.31 Å². The summed E-state index contributed by atoms with van der Waals surface area (Å²) in [6.45, 7) is 3.06. The number of carbonyl (C=O) groups excluding carboxylic acids is 1. The maximum atomic E-state index is 12.8. The third-order valence-corrected chi connectivity index (χ3v) is 6.24. The molecular weight excluding hydrogens is 366 g/mol. The number of hydrogen-bond acceptors (Lipinski definition) is 6. The van der Waals surface area contributed by atoms with Crippen LogP contribution in [-0.2, 0) is 14.8 Å². The van der Waals surface area contributed by atoms with E-state index < -0.39 is 10.0 Å². The molecule has 10 heteroatoms. The van der Waals surface area contributed by atoms with Crippen molar-refractivity contribution in [3.05, 3.63) is 17.3 Å². The van der Waals surface area contributed by atoms with Gasteiger partial charge in [-0.3, -0.25) is 4.79 Å². The first-order valence-corrected chi connectivity index (χ1v) is 10.6. The number of amides is 1. The van der Waals surface area contributed by atoms with Crippen LogP contribution in [0.5, 0.6) is 0 Å². The Kier molecular flexibility index (Phi) is 5.45. The van der Waals surface area contributed by atoms with Gasteiger partial charge in [0.25, 0.3) is 0 Å². The largest absolute Gasteiger partial charge is 0.354 e. The van der Waals surface area contributed by atoms with Gasteiger partial charge >= 0.3 is 0 Å². The van der Waals surface area contributed by atoms with E-state index in [0.29, 0.717) is 37.9 Å². The highest BCUT2D eigenvalue weighted by molar-refractivity contribution is 7.88. The summed E-state index contributed by atoms with van der Waals surface area (Å²) in [6, 6.07) is 3.51. The summed E-state index contributed by atoms with van der Waals surface area (Å²) < 4.78 is 24.6. The van der Waals surface area contributed by atoms with Crippen LogP contribution in [0.25, 0.3) is 0 Å². The van der Waals surface area contributed by atoms with E-state index >= 15 is 0 Å². The number of nitrogens with zero attached hydrogens (tertiary/aromatic N) is 5. The van der Waals surface area contributed by atoms with Crippen LogP contribution in [0.4, 0.5) is 5.82 Å². The van der Waals surface area contributed by atoms with Crippen LogP contribution in [-0.4, -0.2) is 79.3 Å². The molecule has 0 N–H and O–H groups in total. The first-order valence-electron chi connectivity index (χ1n) is 8.32. The van der Waals surface area contributed by atoms with Crippen LogP contribution in [0.15, 0.2) is 12.1 Å². The predicted molar refractivity (Wildman–Crippen MR) is 95.0 cm³/mol. The number of carbonyl (C=O) groups is 1. The molecule has 2 aliphatic rings. The number of piperidine rings is 1. The first kappa shape index (κ1) is 18.3. The van der Waals surface area contributed by atoms with Crippen molar-refractivity contribution in [3.8, 4) is 0 Å². The Labute approximate surface area is 152 Å². The van der Waals surface area contributed by atoms with Crippen molar-refractivity contribution < 1.29 is 13.2 Å². The van der Waals surface area contributed by atoms with Crippen molar-refractivity contribution in [2.45, 2.75) is 12.8 Å². The molecule has 25 heavy (non-hydrogen) atoms. The first-order chi connectivity index (χ1) is 11.8. The molecule has 0 radical (unpaired) electrons. The standard InChI is InChI=1S/C15H22ClN5O3S/c1-25(23,24)21-9-7-19(8-10-21)15(22)12-3-2-6-20(11-12)14-5-4-13(16)17-18-14/h4-5,12H,2-3,6-11H2,1H3/t12-/m0/s1. The van der Waals surface area contributed by atoms with Crippen LogP contribution in [0.1, 0.15) is 12.8 Å². The Morgan fingerprint density at radius 1 is 1.16 bits per heavy atom. The zero-order valence-electron chi connectivity index (χ0n) is 14.1. The summed E-state index contributed by atoms with van der Waals surface area (Å²) in [7, 11) is -3.19. The van der Waals surface area contributed by atoms with Gasteiger partial charge in [-0.15, -0.1) is 10.2 Å². The van der Waals surface area contributed by atoms with E-state index in [2.05, 4.69) is 15.1 Å². The van der Waals surface area contributed by atoms with E-state index in [1.54, 1.807) is 11.0 Å². The third kappa shape index (κ3) is 4.39. The van der Waals surface area contributed by atoms with Gasteiger partial charge in [-0.1, -0.05) is 11.6 Å². The minimum atomic E-state index is -3.19. The Morgan fingerprint density at radius 3 is 2.48 bits per heavy atom. The van der Waals surface area contributed by atoms with Gasteiger partial charge in [0.15, 0.2) is 11.0 Å². The topological polar surface area (TPSA) is 86.7 Å². The molecule has 1 amide bonds. The van der Waals surface area contributed by atoms with E-state index in [1.807, 2.05) is 6.07 Å². The molecule has 0 bridgehead atoms. The Hall–Kier alpha value is -1.45. The molecule has 138 valence electrons. The van der Waals surface area contributed by atoms with E-state index in [4.69, 9.17) is 11.6 Å². The Bertz CT molecular complexity index is 719. The molecule has 2 aliphatic heterocycles. The number of halogens is 1. The molecule has 3 rings (SSSR count). The Morgan fingerprint density at radius 2 is 1.88 bits per heavy atom. The molecule has 3 heterocycles. The second-order valence-electron chi connectivity index (χ2n) is 6.49. The summed E-state index contributed by atoms with van der Waals surface area (Å²) in [5.41, 5.74) is 0. The summed E-state index contributed by atoms with van der Waals surface area (Å²) in [6.07, 6.45) is 2.95. The van der Waals surface area contributed by atoms with E-state index in [-0.39, 0.29) is 11.8 Å². The fourth-order valence-electron chi connectivity index (χ4n) is 3.36. The average molecular weight is 388 g/mol. The quantitative estimate of drug-likeness (QED) is 0.748. The number of piperazine rings is 1. The van der Waals surface area contributed by atoms with Crippen LogP contribution >= 0.6 is 11.6 Å². The van der Waals surface area contributed by atoms with Gasteiger partial charge in [0, 0.05) is 39.3 Å². The number of hydrogen-bond donors (Lipinski definition) is 0. The molecule has 0 aliphatic carbocycles. The number of aromatic nitrogens is 2. The van der Waals surface area contributed by atoms with E-state index in [0.717, 1.165) is 25.2 Å². The SMILES string of the molecule is CS(=O)(=O)N1CCN(C(=O)[C@H]2CCCN(c3ccc(Cl)nn3)C2)CC1. The predicted octanol–water partition coefficient (Wildman–Crippen LogP) is 0.450. The molecule has 2 saturated heterocycles. The van der Waals surface area contributed by atoms with Crippen LogP contribution in [0.2, 0.25) is 5.15 Å². The minimum absolute atomic E-state index is 0.0970. The highest BCUT2D eigenvalue weighted by Crippen LogP contribution is 2.24. The van der Waals surface area contributed by atoms with Crippen molar-refractivity contribution in [1.82, 2.24) is 19.4 Å². The molecule has 0 aromatic carbocycles. The van der Waals surface area contributed by atoms with Crippen LogP contribution < -0.4 is 4.90 Å². The summed E-state index contributed by atoms with van der Waals surface area (Å²) >= 11 is 5.78. The molecule has 1 aromatic heterocycles. The molecule has 0 saturated carbocycles. The maximum Gasteiger partial charge on any atom is 0.227 e. The molecule has 8 nitrogen and oxygen atoms in total. The lowest BCUT2D eigenvalue weighted by atomic mass is 9.96. The Balaban J connectivity index is 1.60. The summed E-state index contributed by atoms with van der Waals surface area (Å²) in [4.78, 5) is 16.7.